The van der Waals surface area contributed by atoms with Gasteiger partial charge in [-0.05, 0) is 61.6 Å². The van der Waals surface area contributed by atoms with Crippen LogP contribution < -0.4 is 4.74 Å². The third kappa shape index (κ3) is 4.37. The van der Waals surface area contributed by atoms with Crippen molar-refractivity contribution in [3.63, 3.8) is 0 Å². The minimum absolute atomic E-state index is 0.147. The minimum Gasteiger partial charge on any atom is -0.406 e. The molecule has 0 aromatic heterocycles. The van der Waals surface area contributed by atoms with E-state index in [4.69, 9.17) is 4.74 Å². The van der Waals surface area contributed by atoms with Crippen LogP contribution in [0.4, 0.5) is 13.2 Å². The Morgan fingerprint density at radius 2 is 1.67 bits per heavy atom. The Balaban J connectivity index is 1.52. The van der Waals surface area contributed by atoms with Gasteiger partial charge in [0, 0.05) is 0 Å². The first kappa shape index (κ1) is 14.7. The number of benzene rings is 1. The van der Waals surface area contributed by atoms with Gasteiger partial charge in [-0.15, -0.1) is 13.2 Å². The van der Waals surface area contributed by atoms with E-state index in [1.807, 2.05) is 0 Å². The Bertz CT molecular complexity index is 457. The summed E-state index contributed by atoms with van der Waals surface area (Å²) in [7, 11) is 0. The highest BCUT2D eigenvalue weighted by Crippen LogP contribution is 2.39. The highest BCUT2D eigenvalue weighted by molar-refractivity contribution is 5.29. The van der Waals surface area contributed by atoms with Crippen molar-refractivity contribution in [1.82, 2.24) is 0 Å². The van der Waals surface area contributed by atoms with E-state index in [9.17, 15) is 13.2 Å². The van der Waals surface area contributed by atoms with Gasteiger partial charge in [0.1, 0.15) is 5.75 Å². The fraction of sp³-hybridized carbons (Fsp3) is 0.625. The Kier molecular flexibility index (Phi) is 4.11. The summed E-state index contributed by atoms with van der Waals surface area (Å²) < 4.78 is 45.5. The summed E-state index contributed by atoms with van der Waals surface area (Å²) in [6.45, 7) is 0.917. The van der Waals surface area contributed by atoms with Gasteiger partial charge in [0.15, 0.2) is 0 Å². The van der Waals surface area contributed by atoms with E-state index >= 15 is 0 Å². The maximum absolute atomic E-state index is 12.1. The van der Waals surface area contributed by atoms with E-state index < -0.39 is 6.36 Å². The Hall–Kier alpha value is -1.23. The molecule has 0 spiro atoms. The second kappa shape index (κ2) is 5.87. The van der Waals surface area contributed by atoms with Crippen molar-refractivity contribution in [3.05, 3.63) is 29.8 Å². The van der Waals surface area contributed by atoms with Crippen LogP contribution in [-0.4, -0.2) is 19.1 Å². The summed E-state index contributed by atoms with van der Waals surface area (Å²) in [6, 6.07) is 6.34. The van der Waals surface area contributed by atoms with Crippen LogP contribution in [0.15, 0.2) is 24.3 Å². The Morgan fingerprint density at radius 3 is 2.19 bits per heavy atom. The summed E-state index contributed by atoms with van der Waals surface area (Å²) in [5.74, 6) is 1.06. The van der Waals surface area contributed by atoms with E-state index in [0.717, 1.165) is 30.9 Å². The van der Waals surface area contributed by atoms with Crippen molar-refractivity contribution < 1.29 is 22.6 Å². The topological polar surface area (TPSA) is 21.8 Å². The van der Waals surface area contributed by atoms with Crippen molar-refractivity contribution in [3.8, 4) is 5.75 Å². The molecule has 1 aliphatic carbocycles. The predicted molar refractivity (Wildman–Crippen MR) is 72.2 cm³/mol. The number of epoxide rings is 1. The van der Waals surface area contributed by atoms with Crippen LogP contribution in [0, 0.1) is 5.92 Å². The molecule has 1 saturated heterocycles. The number of halogens is 3. The largest absolute Gasteiger partial charge is 0.573 e. The van der Waals surface area contributed by atoms with E-state index in [2.05, 4.69) is 4.74 Å². The summed E-state index contributed by atoms with van der Waals surface area (Å²) in [5.41, 5.74) is 1.12. The lowest BCUT2D eigenvalue weighted by Gasteiger charge is -2.28. The van der Waals surface area contributed by atoms with Crippen molar-refractivity contribution in [2.24, 2.45) is 5.92 Å². The molecule has 1 heterocycles. The Morgan fingerprint density at radius 1 is 1.05 bits per heavy atom. The molecule has 2 fully saturated rings. The molecule has 1 atom stereocenters. The van der Waals surface area contributed by atoms with Crippen molar-refractivity contribution in [2.75, 3.05) is 6.61 Å². The lowest BCUT2D eigenvalue weighted by atomic mass is 9.77. The first-order valence-electron chi connectivity index (χ1n) is 7.47. The van der Waals surface area contributed by atoms with Gasteiger partial charge in [-0.25, -0.2) is 0 Å². The van der Waals surface area contributed by atoms with E-state index in [1.165, 1.54) is 31.4 Å². The van der Waals surface area contributed by atoms with Crippen LogP contribution in [-0.2, 0) is 4.74 Å². The SMILES string of the molecule is FC(F)(F)Oc1ccc(C2CCC(CC3CO3)CC2)cc1. The molecule has 21 heavy (non-hydrogen) atoms. The molecule has 1 aliphatic heterocycles. The van der Waals surface area contributed by atoms with Gasteiger partial charge in [0.05, 0.1) is 12.7 Å². The molecule has 2 aliphatic rings. The van der Waals surface area contributed by atoms with Crippen LogP contribution >= 0.6 is 0 Å². The van der Waals surface area contributed by atoms with E-state index in [-0.39, 0.29) is 5.75 Å². The smallest absolute Gasteiger partial charge is 0.406 e. The zero-order chi connectivity index (χ0) is 14.9. The standard InChI is InChI=1S/C16H19F3O2/c17-16(18,19)21-14-7-5-13(6-8-14)12-3-1-11(2-4-12)9-15-10-20-15/h5-8,11-12,15H,1-4,9-10H2. The third-order valence-electron chi connectivity index (χ3n) is 4.43. The fourth-order valence-electron chi connectivity index (χ4n) is 3.25. The summed E-state index contributed by atoms with van der Waals surface area (Å²) in [5, 5.41) is 0. The zero-order valence-corrected chi connectivity index (χ0v) is 11.7. The van der Waals surface area contributed by atoms with Crippen LogP contribution in [0.2, 0.25) is 0 Å². The zero-order valence-electron chi connectivity index (χ0n) is 11.7. The highest BCUT2D eigenvalue weighted by Gasteiger charge is 2.32. The molecule has 5 heteroatoms. The summed E-state index contributed by atoms with van der Waals surface area (Å²) >= 11 is 0. The molecule has 3 rings (SSSR count). The number of hydrogen-bond acceptors (Lipinski definition) is 2. The van der Waals surface area contributed by atoms with Gasteiger partial charge in [0.2, 0.25) is 0 Å². The van der Waals surface area contributed by atoms with Crippen LogP contribution in [0.1, 0.15) is 43.6 Å². The molecule has 2 nitrogen and oxygen atoms in total. The average Bonchev–Trinajstić information content (AvgIpc) is 3.23. The molecule has 1 aromatic rings. The second-order valence-corrected chi connectivity index (χ2v) is 6.03. The van der Waals surface area contributed by atoms with Gasteiger partial charge >= 0.3 is 6.36 Å². The first-order valence-corrected chi connectivity index (χ1v) is 7.47. The van der Waals surface area contributed by atoms with Crippen LogP contribution in [0.25, 0.3) is 0 Å². The average molecular weight is 300 g/mol. The first-order chi connectivity index (χ1) is 9.99. The van der Waals surface area contributed by atoms with Crippen molar-refractivity contribution in [1.29, 1.82) is 0 Å². The molecule has 0 radical (unpaired) electrons. The van der Waals surface area contributed by atoms with Crippen LogP contribution in [0.5, 0.6) is 5.75 Å². The minimum atomic E-state index is -4.62. The second-order valence-electron chi connectivity index (χ2n) is 6.03. The van der Waals surface area contributed by atoms with Gasteiger partial charge in [-0.1, -0.05) is 12.1 Å². The normalized spacial score (nSPS) is 29.2. The monoisotopic (exact) mass is 300 g/mol. The van der Waals surface area contributed by atoms with Gasteiger partial charge in [-0.3, -0.25) is 0 Å². The van der Waals surface area contributed by atoms with Gasteiger partial charge < -0.3 is 9.47 Å². The van der Waals surface area contributed by atoms with Gasteiger partial charge in [0.25, 0.3) is 0 Å². The summed E-state index contributed by atoms with van der Waals surface area (Å²) in [4.78, 5) is 0. The highest BCUT2D eigenvalue weighted by atomic mass is 19.4. The fourth-order valence-corrected chi connectivity index (χ4v) is 3.25. The Labute approximate surface area is 122 Å². The number of hydrogen-bond donors (Lipinski definition) is 0. The molecule has 116 valence electrons. The van der Waals surface area contributed by atoms with Crippen molar-refractivity contribution in [2.45, 2.75) is 50.5 Å². The molecule has 0 N–H and O–H groups in total. The number of ether oxygens (including phenoxy) is 2. The van der Waals surface area contributed by atoms with E-state index in [0.29, 0.717) is 12.0 Å². The molecular weight excluding hydrogens is 281 g/mol. The lowest BCUT2D eigenvalue weighted by Crippen LogP contribution is -2.17. The van der Waals surface area contributed by atoms with Crippen LogP contribution in [0.3, 0.4) is 0 Å². The molecule has 1 saturated carbocycles. The lowest BCUT2D eigenvalue weighted by molar-refractivity contribution is -0.274. The maximum Gasteiger partial charge on any atom is 0.573 e. The van der Waals surface area contributed by atoms with E-state index in [1.54, 1.807) is 12.1 Å². The van der Waals surface area contributed by atoms with Crippen molar-refractivity contribution >= 4 is 0 Å². The van der Waals surface area contributed by atoms with Gasteiger partial charge in [-0.2, -0.15) is 0 Å². The number of alkyl halides is 3. The summed E-state index contributed by atoms with van der Waals surface area (Å²) in [6.07, 6.45) is 1.63. The maximum atomic E-state index is 12.1. The molecule has 0 amide bonds. The molecule has 1 aromatic carbocycles. The number of rotatable bonds is 4. The quantitative estimate of drug-likeness (QED) is 0.755. The molecular formula is C16H19F3O2. The predicted octanol–water partition coefficient (Wildman–Crippen LogP) is 4.65. The molecule has 1 unspecified atom stereocenters. The third-order valence-corrected chi connectivity index (χ3v) is 4.43. The molecule has 0 bridgehead atoms.